The van der Waals surface area contributed by atoms with Crippen LogP contribution >= 0.6 is 0 Å². The summed E-state index contributed by atoms with van der Waals surface area (Å²) >= 11 is 0. The number of carbonyl (C=O) groups excluding carboxylic acids is 1. The number of halogens is 1. The highest BCUT2D eigenvalue weighted by molar-refractivity contribution is 5.99. The van der Waals surface area contributed by atoms with Gasteiger partial charge in [-0.2, -0.15) is 0 Å². The Balaban J connectivity index is 2.01. The van der Waals surface area contributed by atoms with Crippen LogP contribution < -0.4 is 0 Å². The molecule has 0 bridgehead atoms. The van der Waals surface area contributed by atoms with Crippen LogP contribution in [-0.4, -0.2) is 48.3 Å². The fourth-order valence-corrected chi connectivity index (χ4v) is 2.62. The summed E-state index contributed by atoms with van der Waals surface area (Å²) in [4.78, 5) is 14.1. The van der Waals surface area contributed by atoms with E-state index in [1.165, 1.54) is 11.0 Å². The van der Waals surface area contributed by atoms with Gasteiger partial charge in [-0.15, -0.1) is 0 Å². The van der Waals surface area contributed by atoms with Gasteiger partial charge in [0.2, 0.25) is 0 Å². The number of para-hydroxylation sites is 1. The third kappa shape index (κ3) is 2.30. The van der Waals surface area contributed by atoms with Gasteiger partial charge in [0.05, 0.1) is 25.9 Å². The smallest absolute Gasteiger partial charge is 0.290 e. The zero-order valence-electron chi connectivity index (χ0n) is 11.6. The van der Waals surface area contributed by atoms with Crippen molar-refractivity contribution in [2.75, 3.05) is 26.4 Å². The van der Waals surface area contributed by atoms with E-state index < -0.39 is 11.9 Å². The summed E-state index contributed by atoms with van der Waals surface area (Å²) in [6.45, 7) is 2.63. The fraction of sp³-hybridized carbons (Fsp3) is 0.400. The summed E-state index contributed by atoms with van der Waals surface area (Å²) in [7, 11) is 0. The molecule has 0 saturated carbocycles. The summed E-state index contributed by atoms with van der Waals surface area (Å²) in [6.07, 6.45) is 0. The second-order valence-corrected chi connectivity index (χ2v) is 5.08. The summed E-state index contributed by atoms with van der Waals surface area (Å²) < 4.78 is 24.5. The molecule has 6 heteroatoms. The lowest BCUT2D eigenvalue weighted by Gasteiger charge is -2.33. The van der Waals surface area contributed by atoms with Crippen molar-refractivity contribution in [2.24, 2.45) is 0 Å². The second-order valence-electron chi connectivity index (χ2n) is 5.08. The summed E-state index contributed by atoms with van der Waals surface area (Å²) in [5.41, 5.74) is 0.699. The van der Waals surface area contributed by atoms with Gasteiger partial charge in [0.25, 0.3) is 5.91 Å². The maximum atomic E-state index is 13.7. The van der Waals surface area contributed by atoms with Crippen molar-refractivity contribution >= 4 is 16.9 Å². The van der Waals surface area contributed by atoms with Crippen LogP contribution in [0.3, 0.4) is 0 Å². The second kappa shape index (κ2) is 5.46. The Bertz CT molecular complexity index is 682. The molecule has 1 fully saturated rings. The van der Waals surface area contributed by atoms with Crippen LogP contribution in [0.4, 0.5) is 4.39 Å². The Morgan fingerprint density at radius 3 is 3.05 bits per heavy atom. The molecule has 1 amide bonds. The van der Waals surface area contributed by atoms with E-state index in [9.17, 15) is 14.3 Å². The lowest BCUT2D eigenvalue weighted by Crippen LogP contribution is -2.50. The van der Waals surface area contributed by atoms with Crippen molar-refractivity contribution in [3.8, 4) is 0 Å². The van der Waals surface area contributed by atoms with Gasteiger partial charge in [-0.05, 0) is 13.0 Å². The Hall–Kier alpha value is -1.92. The highest BCUT2D eigenvalue weighted by Crippen LogP contribution is 2.28. The Kier molecular flexibility index (Phi) is 3.65. The molecular formula is C15H16FNO4. The number of hydrogen-bond donors (Lipinski definition) is 1. The molecule has 5 nitrogen and oxygen atoms in total. The van der Waals surface area contributed by atoms with E-state index in [1.54, 1.807) is 19.1 Å². The molecular weight excluding hydrogens is 277 g/mol. The van der Waals surface area contributed by atoms with Crippen molar-refractivity contribution < 1.29 is 23.4 Å². The van der Waals surface area contributed by atoms with Gasteiger partial charge in [-0.1, -0.05) is 12.1 Å². The molecule has 3 rings (SSSR count). The third-order valence-electron chi connectivity index (χ3n) is 3.81. The van der Waals surface area contributed by atoms with Crippen LogP contribution in [0, 0.1) is 12.7 Å². The van der Waals surface area contributed by atoms with Gasteiger partial charge < -0.3 is 19.2 Å². The molecule has 21 heavy (non-hydrogen) atoms. The zero-order valence-corrected chi connectivity index (χ0v) is 11.6. The molecule has 0 radical (unpaired) electrons. The quantitative estimate of drug-likeness (QED) is 0.915. The van der Waals surface area contributed by atoms with E-state index in [2.05, 4.69) is 0 Å². The molecule has 1 aromatic carbocycles. The topological polar surface area (TPSA) is 62.9 Å². The average Bonchev–Trinajstić information content (AvgIpc) is 2.85. The third-order valence-corrected chi connectivity index (χ3v) is 3.81. The zero-order chi connectivity index (χ0) is 15.0. The van der Waals surface area contributed by atoms with Crippen LogP contribution in [0.5, 0.6) is 0 Å². The van der Waals surface area contributed by atoms with Gasteiger partial charge in [0.15, 0.2) is 17.2 Å². The Morgan fingerprint density at radius 2 is 2.33 bits per heavy atom. The van der Waals surface area contributed by atoms with Crippen LogP contribution in [0.2, 0.25) is 0 Å². The van der Waals surface area contributed by atoms with Crippen molar-refractivity contribution in [2.45, 2.75) is 13.0 Å². The number of ether oxygens (including phenoxy) is 1. The number of morpholine rings is 1. The Morgan fingerprint density at radius 1 is 1.52 bits per heavy atom. The number of benzene rings is 1. The molecule has 1 aliphatic rings. The van der Waals surface area contributed by atoms with Gasteiger partial charge in [0.1, 0.15) is 0 Å². The van der Waals surface area contributed by atoms with E-state index in [4.69, 9.17) is 9.15 Å². The molecule has 0 spiro atoms. The summed E-state index contributed by atoms with van der Waals surface area (Å²) in [5.74, 6) is -0.712. The standard InChI is InChI=1S/C15H16FNO4/c1-9-11-3-2-4-12(16)14(11)21-13(9)15(19)17-5-6-20-8-10(17)7-18/h2-4,10,18H,5-8H2,1H3. The minimum absolute atomic E-state index is 0.0900. The molecule has 0 aliphatic carbocycles. The lowest BCUT2D eigenvalue weighted by atomic mass is 10.1. The van der Waals surface area contributed by atoms with Crippen molar-refractivity contribution in [3.63, 3.8) is 0 Å². The van der Waals surface area contributed by atoms with Crippen LogP contribution in [0.15, 0.2) is 22.6 Å². The molecule has 1 saturated heterocycles. The molecule has 1 N–H and O–H groups in total. The van der Waals surface area contributed by atoms with Gasteiger partial charge in [0, 0.05) is 17.5 Å². The molecule has 1 atom stereocenters. The number of aryl methyl sites for hydroxylation is 1. The van der Waals surface area contributed by atoms with Crippen LogP contribution in [-0.2, 0) is 4.74 Å². The highest BCUT2D eigenvalue weighted by Gasteiger charge is 2.31. The number of amides is 1. The van der Waals surface area contributed by atoms with E-state index >= 15 is 0 Å². The molecule has 112 valence electrons. The van der Waals surface area contributed by atoms with E-state index in [0.717, 1.165) is 0 Å². The number of carbonyl (C=O) groups is 1. The molecule has 1 aromatic heterocycles. The lowest BCUT2D eigenvalue weighted by molar-refractivity contribution is -0.0196. The number of fused-ring (bicyclic) bond motifs is 1. The first-order valence-electron chi connectivity index (χ1n) is 6.80. The first-order chi connectivity index (χ1) is 10.1. The normalized spacial score (nSPS) is 19.2. The van der Waals surface area contributed by atoms with E-state index in [-0.39, 0.29) is 30.5 Å². The molecule has 1 aliphatic heterocycles. The number of nitrogens with zero attached hydrogens (tertiary/aromatic N) is 1. The highest BCUT2D eigenvalue weighted by atomic mass is 19.1. The van der Waals surface area contributed by atoms with E-state index in [1.807, 2.05) is 0 Å². The summed E-state index contributed by atoms with van der Waals surface area (Å²) in [6, 6.07) is 4.20. The summed E-state index contributed by atoms with van der Waals surface area (Å²) in [5, 5.41) is 9.94. The largest absolute Gasteiger partial charge is 0.448 e. The predicted molar refractivity (Wildman–Crippen MR) is 73.6 cm³/mol. The number of furan rings is 1. The van der Waals surface area contributed by atoms with Crippen LogP contribution in [0.25, 0.3) is 11.0 Å². The molecule has 1 unspecified atom stereocenters. The monoisotopic (exact) mass is 293 g/mol. The minimum atomic E-state index is -0.490. The first-order valence-corrected chi connectivity index (χ1v) is 6.80. The number of aliphatic hydroxyl groups excluding tert-OH is 1. The van der Waals surface area contributed by atoms with Crippen molar-refractivity contribution in [1.82, 2.24) is 4.90 Å². The maximum absolute atomic E-state index is 13.7. The predicted octanol–water partition coefficient (Wildman–Crippen LogP) is 1.71. The van der Waals surface area contributed by atoms with Gasteiger partial charge >= 0.3 is 0 Å². The maximum Gasteiger partial charge on any atom is 0.290 e. The fourth-order valence-electron chi connectivity index (χ4n) is 2.62. The van der Waals surface area contributed by atoms with E-state index in [0.29, 0.717) is 24.1 Å². The molecule has 2 aromatic rings. The molecule has 2 heterocycles. The van der Waals surface area contributed by atoms with Crippen LogP contribution in [0.1, 0.15) is 16.1 Å². The van der Waals surface area contributed by atoms with Crippen molar-refractivity contribution in [1.29, 1.82) is 0 Å². The van der Waals surface area contributed by atoms with Crippen molar-refractivity contribution in [3.05, 3.63) is 35.3 Å². The number of hydrogen-bond acceptors (Lipinski definition) is 4. The van der Waals surface area contributed by atoms with Gasteiger partial charge in [-0.25, -0.2) is 4.39 Å². The minimum Gasteiger partial charge on any atom is -0.448 e. The number of rotatable bonds is 2. The first kappa shape index (κ1) is 14.0. The average molecular weight is 293 g/mol. The Labute approximate surface area is 120 Å². The number of aliphatic hydroxyl groups is 1. The SMILES string of the molecule is Cc1c(C(=O)N2CCOCC2CO)oc2c(F)cccc12. The van der Waals surface area contributed by atoms with Gasteiger partial charge in [-0.3, -0.25) is 4.79 Å².